The van der Waals surface area contributed by atoms with E-state index in [9.17, 15) is 0 Å². The van der Waals surface area contributed by atoms with Gasteiger partial charge in [0, 0.05) is 38.3 Å². The summed E-state index contributed by atoms with van der Waals surface area (Å²) in [4.78, 5) is 5.10. The zero-order chi connectivity index (χ0) is 12.3. The van der Waals surface area contributed by atoms with Gasteiger partial charge in [0.2, 0.25) is 0 Å². The van der Waals surface area contributed by atoms with Crippen LogP contribution in [-0.2, 0) is 0 Å². The SMILES string of the molecule is CC(C)C1(CN2CCN(C)CC2)CCCCN1. The number of hydrogen-bond acceptors (Lipinski definition) is 3. The molecule has 0 aromatic heterocycles. The topological polar surface area (TPSA) is 18.5 Å². The van der Waals surface area contributed by atoms with E-state index < -0.39 is 0 Å². The van der Waals surface area contributed by atoms with E-state index in [4.69, 9.17) is 0 Å². The fourth-order valence-corrected chi connectivity index (χ4v) is 3.21. The van der Waals surface area contributed by atoms with E-state index >= 15 is 0 Å². The van der Waals surface area contributed by atoms with Gasteiger partial charge in [0.05, 0.1) is 0 Å². The van der Waals surface area contributed by atoms with Crippen LogP contribution in [0.4, 0.5) is 0 Å². The number of hydrogen-bond donors (Lipinski definition) is 1. The third-order valence-electron chi connectivity index (χ3n) is 4.73. The molecule has 0 amide bonds. The largest absolute Gasteiger partial charge is 0.310 e. The lowest BCUT2D eigenvalue weighted by atomic mass is 9.79. The molecular formula is C14H29N3. The summed E-state index contributed by atoms with van der Waals surface area (Å²) < 4.78 is 0. The lowest BCUT2D eigenvalue weighted by molar-refractivity contribution is 0.0766. The molecule has 2 rings (SSSR count). The molecule has 3 nitrogen and oxygen atoms in total. The van der Waals surface area contributed by atoms with Gasteiger partial charge in [0.25, 0.3) is 0 Å². The highest BCUT2D eigenvalue weighted by Crippen LogP contribution is 2.28. The van der Waals surface area contributed by atoms with Crippen molar-refractivity contribution in [1.82, 2.24) is 15.1 Å². The second-order valence-electron chi connectivity index (χ2n) is 6.27. The van der Waals surface area contributed by atoms with Crippen LogP contribution in [0.5, 0.6) is 0 Å². The first kappa shape index (κ1) is 13.3. The zero-order valence-electron chi connectivity index (χ0n) is 11.8. The molecule has 17 heavy (non-hydrogen) atoms. The van der Waals surface area contributed by atoms with Gasteiger partial charge in [-0.3, -0.25) is 4.90 Å². The van der Waals surface area contributed by atoms with E-state index in [1.807, 2.05) is 0 Å². The second-order valence-corrected chi connectivity index (χ2v) is 6.27. The van der Waals surface area contributed by atoms with Crippen molar-refractivity contribution in [3.63, 3.8) is 0 Å². The molecule has 1 atom stereocenters. The summed E-state index contributed by atoms with van der Waals surface area (Å²) in [7, 11) is 2.23. The van der Waals surface area contributed by atoms with Crippen LogP contribution in [0.3, 0.4) is 0 Å². The van der Waals surface area contributed by atoms with E-state index in [0.29, 0.717) is 5.54 Å². The Hall–Kier alpha value is -0.120. The van der Waals surface area contributed by atoms with E-state index in [1.165, 1.54) is 58.5 Å². The van der Waals surface area contributed by atoms with Crippen molar-refractivity contribution in [2.75, 3.05) is 46.3 Å². The Bertz CT molecular complexity index is 226. The maximum absolute atomic E-state index is 3.84. The molecule has 0 radical (unpaired) electrons. The van der Waals surface area contributed by atoms with Gasteiger partial charge in [-0.2, -0.15) is 0 Å². The Morgan fingerprint density at radius 2 is 1.82 bits per heavy atom. The van der Waals surface area contributed by atoms with Gasteiger partial charge in [-0.1, -0.05) is 20.3 Å². The molecule has 0 bridgehead atoms. The summed E-state index contributed by atoms with van der Waals surface area (Å²) >= 11 is 0. The maximum Gasteiger partial charge on any atom is 0.0331 e. The fraction of sp³-hybridized carbons (Fsp3) is 1.00. The first-order chi connectivity index (χ1) is 8.12. The average molecular weight is 239 g/mol. The molecule has 3 heteroatoms. The van der Waals surface area contributed by atoms with Gasteiger partial charge >= 0.3 is 0 Å². The molecule has 1 N–H and O–H groups in total. The Morgan fingerprint density at radius 3 is 2.35 bits per heavy atom. The minimum Gasteiger partial charge on any atom is -0.310 e. The standard InChI is InChI=1S/C14H29N3/c1-13(2)14(6-4-5-7-15-14)12-17-10-8-16(3)9-11-17/h13,15H,4-12H2,1-3H3. The van der Waals surface area contributed by atoms with Crippen LogP contribution < -0.4 is 5.32 Å². The molecule has 1 unspecified atom stereocenters. The number of piperidine rings is 1. The second kappa shape index (κ2) is 5.68. The molecule has 0 spiro atoms. The average Bonchev–Trinajstić information content (AvgIpc) is 2.33. The molecule has 0 aromatic rings. The molecule has 2 saturated heterocycles. The number of nitrogens with zero attached hydrogens (tertiary/aromatic N) is 2. The van der Waals surface area contributed by atoms with Crippen molar-refractivity contribution in [2.45, 2.75) is 38.6 Å². The van der Waals surface area contributed by atoms with Crippen LogP contribution in [0.2, 0.25) is 0 Å². The minimum absolute atomic E-state index is 0.383. The molecule has 2 aliphatic heterocycles. The van der Waals surface area contributed by atoms with Gasteiger partial charge in [-0.15, -0.1) is 0 Å². The van der Waals surface area contributed by atoms with E-state index in [0.717, 1.165) is 5.92 Å². The van der Waals surface area contributed by atoms with Gasteiger partial charge in [0.1, 0.15) is 0 Å². The summed E-state index contributed by atoms with van der Waals surface area (Å²) in [6.45, 7) is 12.2. The third kappa shape index (κ3) is 3.21. The quantitative estimate of drug-likeness (QED) is 0.803. The van der Waals surface area contributed by atoms with Crippen molar-refractivity contribution in [3.8, 4) is 0 Å². The number of nitrogens with one attached hydrogen (secondary N) is 1. The molecule has 2 heterocycles. The Kier molecular flexibility index (Phi) is 4.45. The summed E-state index contributed by atoms with van der Waals surface area (Å²) in [6, 6.07) is 0. The minimum atomic E-state index is 0.383. The molecule has 0 saturated carbocycles. The Morgan fingerprint density at radius 1 is 1.12 bits per heavy atom. The van der Waals surface area contributed by atoms with Gasteiger partial charge in [-0.25, -0.2) is 0 Å². The summed E-state index contributed by atoms with van der Waals surface area (Å²) in [5.74, 6) is 0.738. The van der Waals surface area contributed by atoms with Crippen LogP contribution >= 0.6 is 0 Å². The van der Waals surface area contributed by atoms with E-state index in [-0.39, 0.29) is 0 Å². The lowest BCUT2D eigenvalue weighted by Gasteiger charge is -2.46. The predicted octanol–water partition coefficient (Wildman–Crippen LogP) is 1.40. The Labute approximate surface area is 107 Å². The first-order valence-electron chi connectivity index (χ1n) is 7.28. The first-order valence-corrected chi connectivity index (χ1v) is 7.28. The van der Waals surface area contributed by atoms with Crippen LogP contribution in [0.25, 0.3) is 0 Å². The van der Waals surface area contributed by atoms with Gasteiger partial charge < -0.3 is 10.2 Å². The number of piperazine rings is 1. The van der Waals surface area contributed by atoms with E-state index in [2.05, 4.69) is 36.0 Å². The molecule has 2 aliphatic rings. The highest BCUT2D eigenvalue weighted by Gasteiger charge is 2.36. The number of likely N-dealkylation sites (N-methyl/N-ethyl adjacent to an activating group) is 1. The van der Waals surface area contributed by atoms with Crippen LogP contribution in [0, 0.1) is 5.92 Å². The van der Waals surface area contributed by atoms with Crippen molar-refractivity contribution in [3.05, 3.63) is 0 Å². The molecule has 2 fully saturated rings. The van der Waals surface area contributed by atoms with Crippen molar-refractivity contribution < 1.29 is 0 Å². The van der Waals surface area contributed by atoms with Crippen molar-refractivity contribution in [2.24, 2.45) is 5.92 Å². The molecule has 0 aliphatic carbocycles. The third-order valence-corrected chi connectivity index (χ3v) is 4.73. The van der Waals surface area contributed by atoms with E-state index in [1.54, 1.807) is 0 Å². The van der Waals surface area contributed by atoms with Gasteiger partial charge in [-0.05, 0) is 32.4 Å². The fourth-order valence-electron chi connectivity index (χ4n) is 3.21. The number of rotatable bonds is 3. The molecule has 100 valence electrons. The van der Waals surface area contributed by atoms with Crippen molar-refractivity contribution in [1.29, 1.82) is 0 Å². The maximum atomic E-state index is 3.84. The monoisotopic (exact) mass is 239 g/mol. The van der Waals surface area contributed by atoms with Crippen LogP contribution in [0.15, 0.2) is 0 Å². The Balaban J connectivity index is 1.93. The van der Waals surface area contributed by atoms with Crippen LogP contribution in [0.1, 0.15) is 33.1 Å². The lowest BCUT2D eigenvalue weighted by Crippen LogP contribution is -2.61. The highest BCUT2D eigenvalue weighted by molar-refractivity contribution is 4.96. The summed E-state index contributed by atoms with van der Waals surface area (Å²) in [5.41, 5.74) is 0.383. The predicted molar refractivity (Wildman–Crippen MR) is 73.4 cm³/mol. The molecular weight excluding hydrogens is 210 g/mol. The van der Waals surface area contributed by atoms with Gasteiger partial charge in [0.15, 0.2) is 0 Å². The molecule has 0 aromatic carbocycles. The van der Waals surface area contributed by atoms with Crippen LogP contribution in [-0.4, -0.2) is 61.7 Å². The van der Waals surface area contributed by atoms with Crippen molar-refractivity contribution >= 4 is 0 Å². The smallest absolute Gasteiger partial charge is 0.0331 e. The summed E-state index contributed by atoms with van der Waals surface area (Å²) in [6.07, 6.45) is 4.12. The summed E-state index contributed by atoms with van der Waals surface area (Å²) in [5, 5.41) is 3.84. The normalized spacial score (nSPS) is 33.2. The highest BCUT2D eigenvalue weighted by atomic mass is 15.3. The zero-order valence-corrected chi connectivity index (χ0v) is 11.8.